The number of phenolic OH excluding ortho intramolecular Hbond substituents is 1. The summed E-state index contributed by atoms with van der Waals surface area (Å²) in [5.74, 6) is -0.470. The number of rotatable bonds is 3. The average Bonchev–Trinajstić information content (AvgIpc) is 2.78. The Balaban J connectivity index is 1.68. The molecule has 2 N–H and O–H groups in total. The number of nitrogens with zero attached hydrogens (tertiary/aromatic N) is 1. The molecule has 3 aromatic rings. The summed E-state index contributed by atoms with van der Waals surface area (Å²) in [4.78, 5) is 12.6. The first-order valence-electron chi connectivity index (χ1n) is 7.60. The first kappa shape index (κ1) is 15.5. The smallest absolute Gasteiger partial charge is 0.265 e. The molecule has 1 heterocycles. The summed E-state index contributed by atoms with van der Waals surface area (Å²) in [6, 6.07) is 16.5. The molecular weight excluding hydrogens is 340 g/mol. The van der Waals surface area contributed by atoms with Crippen molar-refractivity contribution in [3.05, 3.63) is 60.7 Å². The van der Waals surface area contributed by atoms with Crippen LogP contribution in [-0.2, 0) is 14.8 Å². The zero-order chi connectivity index (χ0) is 17.6. The van der Waals surface area contributed by atoms with Gasteiger partial charge in [0.1, 0.15) is 12.3 Å². The van der Waals surface area contributed by atoms with E-state index in [2.05, 4.69) is 5.32 Å². The molecule has 126 valence electrons. The number of carbonyl (C=O) groups excluding carboxylic acids is 1. The number of benzene rings is 3. The van der Waals surface area contributed by atoms with Crippen molar-refractivity contribution in [2.75, 3.05) is 16.2 Å². The molecule has 4 rings (SSSR count). The molecule has 0 unspecified atom stereocenters. The Morgan fingerprint density at radius 3 is 2.52 bits per heavy atom. The van der Waals surface area contributed by atoms with E-state index >= 15 is 0 Å². The quantitative estimate of drug-likeness (QED) is 0.757. The van der Waals surface area contributed by atoms with Gasteiger partial charge in [-0.15, -0.1) is 0 Å². The molecule has 25 heavy (non-hydrogen) atoms. The summed E-state index contributed by atoms with van der Waals surface area (Å²) in [5.41, 5.74) is 0.900. The third-order valence-electron chi connectivity index (χ3n) is 4.10. The molecule has 0 saturated heterocycles. The second-order valence-corrected chi connectivity index (χ2v) is 7.57. The van der Waals surface area contributed by atoms with Gasteiger partial charge < -0.3 is 10.4 Å². The summed E-state index contributed by atoms with van der Waals surface area (Å²) in [7, 11) is -3.77. The highest BCUT2D eigenvalue weighted by Gasteiger charge is 2.36. The van der Waals surface area contributed by atoms with Gasteiger partial charge in [-0.3, -0.25) is 9.10 Å². The number of sulfonamides is 1. The van der Waals surface area contributed by atoms with E-state index in [4.69, 9.17) is 0 Å². The number of hydrogen-bond acceptors (Lipinski definition) is 4. The van der Waals surface area contributed by atoms with E-state index in [1.807, 2.05) is 12.1 Å². The van der Waals surface area contributed by atoms with Gasteiger partial charge in [-0.2, -0.15) is 0 Å². The van der Waals surface area contributed by atoms with Crippen LogP contribution in [0.2, 0.25) is 0 Å². The maximum atomic E-state index is 12.8. The second-order valence-electron chi connectivity index (χ2n) is 5.74. The van der Waals surface area contributed by atoms with E-state index in [-0.39, 0.29) is 17.2 Å². The maximum Gasteiger partial charge on any atom is 0.265 e. The SMILES string of the molecule is O=C(CN1c2cccc3cccc(c23)S1(=O)=O)Nc1cccc(O)c1. The number of anilines is 2. The molecule has 0 radical (unpaired) electrons. The van der Waals surface area contributed by atoms with E-state index in [9.17, 15) is 18.3 Å². The van der Waals surface area contributed by atoms with E-state index in [1.165, 1.54) is 12.1 Å². The molecule has 7 heteroatoms. The number of carbonyl (C=O) groups is 1. The highest BCUT2D eigenvalue weighted by Crippen LogP contribution is 2.41. The number of phenols is 1. The lowest BCUT2D eigenvalue weighted by molar-refractivity contribution is -0.114. The minimum atomic E-state index is -3.77. The number of amides is 1. The van der Waals surface area contributed by atoms with Gasteiger partial charge in [0.2, 0.25) is 5.91 Å². The fourth-order valence-electron chi connectivity index (χ4n) is 3.04. The predicted octanol–water partition coefficient (Wildman–Crippen LogP) is 2.69. The van der Waals surface area contributed by atoms with Crippen molar-refractivity contribution < 1.29 is 18.3 Å². The Hall–Kier alpha value is -3.06. The van der Waals surface area contributed by atoms with Crippen molar-refractivity contribution in [3.8, 4) is 5.75 Å². The third kappa shape index (κ3) is 2.49. The van der Waals surface area contributed by atoms with Crippen molar-refractivity contribution in [2.24, 2.45) is 0 Å². The van der Waals surface area contributed by atoms with Crippen molar-refractivity contribution in [2.45, 2.75) is 4.90 Å². The lowest BCUT2D eigenvalue weighted by Crippen LogP contribution is -2.35. The molecule has 1 aliphatic rings. The van der Waals surface area contributed by atoms with E-state index in [0.717, 1.165) is 9.69 Å². The molecular formula is C18H14N2O4S. The minimum Gasteiger partial charge on any atom is -0.508 e. The first-order chi connectivity index (χ1) is 12.0. The summed E-state index contributed by atoms with van der Waals surface area (Å²) in [6.45, 7) is -0.341. The molecule has 0 bridgehead atoms. The molecule has 1 amide bonds. The molecule has 3 aromatic carbocycles. The average molecular weight is 354 g/mol. The molecule has 0 atom stereocenters. The highest BCUT2D eigenvalue weighted by atomic mass is 32.2. The molecule has 0 saturated carbocycles. The highest BCUT2D eigenvalue weighted by molar-refractivity contribution is 7.93. The van der Waals surface area contributed by atoms with Gasteiger partial charge in [-0.25, -0.2) is 8.42 Å². The van der Waals surface area contributed by atoms with Gasteiger partial charge in [0.25, 0.3) is 10.0 Å². The van der Waals surface area contributed by atoms with Crippen molar-refractivity contribution >= 4 is 38.1 Å². The van der Waals surface area contributed by atoms with Crippen molar-refractivity contribution in [1.29, 1.82) is 0 Å². The molecule has 0 spiro atoms. The Labute approximate surface area is 144 Å². The van der Waals surface area contributed by atoms with E-state index in [0.29, 0.717) is 16.8 Å². The second kappa shape index (κ2) is 5.49. The Bertz CT molecular complexity index is 1100. The zero-order valence-corrected chi connectivity index (χ0v) is 13.8. The Morgan fingerprint density at radius 1 is 1.04 bits per heavy atom. The maximum absolute atomic E-state index is 12.8. The standard InChI is InChI=1S/C18H14N2O4S/c21-14-7-3-6-13(10-14)19-17(22)11-20-15-8-1-4-12-5-2-9-16(18(12)15)25(20,23)24/h1-10,21H,11H2,(H,19,22). The topological polar surface area (TPSA) is 86.7 Å². The summed E-state index contributed by atoms with van der Waals surface area (Å²) in [5, 5.41) is 13.5. The zero-order valence-electron chi connectivity index (χ0n) is 13.0. The van der Waals surface area contributed by atoms with Gasteiger partial charge in [-0.05, 0) is 29.7 Å². The van der Waals surface area contributed by atoms with Gasteiger partial charge in [0.05, 0.1) is 10.6 Å². The molecule has 1 aliphatic heterocycles. The first-order valence-corrected chi connectivity index (χ1v) is 9.04. The predicted molar refractivity (Wildman–Crippen MR) is 95.2 cm³/mol. The van der Waals surface area contributed by atoms with Crippen LogP contribution in [0.3, 0.4) is 0 Å². The largest absolute Gasteiger partial charge is 0.508 e. The lowest BCUT2D eigenvalue weighted by atomic mass is 10.1. The Kier molecular flexibility index (Phi) is 3.40. The monoisotopic (exact) mass is 354 g/mol. The van der Waals surface area contributed by atoms with Crippen molar-refractivity contribution in [1.82, 2.24) is 0 Å². The minimum absolute atomic E-state index is 0.0174. The number of aromatic hydroxyl groups is 1. The van der Waals surface area contributed by atoms with Crippen LogP contribution in [-0.4, -0.2) is 26.0 Å². The van der Waals surface area contributed by atoms with Crippen LogP contribution in [0.15, 0.2) is 65.6 Å². The van der Waals surface area contributed by atoms with E-state index < -0.39 is 15.9 Å². The van der Waals surface area contributed by atoms with E-state index in [1.54, 1.807) is 36.4 Å². The third-order valence-corrected chi connectivity index (χ3v) is 5.90. The van der Waals surface area contributed by atoms with Crippen molar-refractivity contribution in [3.63, 3.8) is 0 Å². The summed E-state index contributed by atoms with van der Waals surface area (Å²) >= 11 is 0. The normalized spacial score (nSPS) is 14.6. The number of hydrogen-bond donors (Lipinski definition) is 2. The Morgan fingerprint density at radius 2 is 1.76 bits per heavy atom. The fraction of sp³-hybridized carbons (Fsp3) is 0.0556. The van der Waals surface area contributed by atoms with Crippen LogP contribution in [0.1, 0.15) is 0 Å². The van der Waals surface area contributed by atoms with Gasteiger partial charge in [0, 0.05) is 17.1 Å². The molecule has 0 aromatic heterocycles. The van der Waals surface area contributed by atoms with Gasteiger partial charge in [0.15, 0.2) is 0 Å². The fourth-order valence-corrected chi connectivity index (χ4v) is 4.71. The van der Waals surface area contributed by atoms with Crippen LogP contribution in [0.5, 0.6) is 5.75 Å². The lowest BCUT2D eigenvalue weighted by Gasteiger charge is -2.18. The molecule has 0 aliphatic carbocycles. The van der Waals surface area contributed by atoms with Crippen LogP contribution >= 0.6 is 0 Å². The molecule has 6 nitrogen and oxygen atoms in total. The van der Waals surface area contributed by atoms with Gasteiger partial charge in [-0.1, -0.05) is 30.3 Å². The van der Waals surface area contributed by atoms with Crippen LogP contribution < -0.4 is 9.62 Å². The summed E-state index contributed by atoms with van der Waals surface area (Å²) in [6.07, 6.45) is 0. The molecule has 0 fully saturated rings. The van der Waals surface area contributed by atoms with Crippen LogP contribution in [0.4, 0.5) is 11.4 Å². The number of nitrogens with one attached hydrogen (secondary N) is 1. The van der Waals surface area contributed by atoms with Crippen LogP contribution in [0.25, 0.3) is 10.8 Å². The van der Waals surface area contributed by atoms with Crippen LogP contribution in [0, 0.1) is 0 Å². The van der Waals surface area contributed by atoms with Gasteiger partial charge >= 0.3 is 0 Å². The summed E-state index contributed by atoms with van der Waals surface area (Å²) < 4.78 is 26.7.